The van der Waals surface area contributed by atoms with E-state index >= 15 is 0 Å². The Morgan fingerprint density at radius 1 is 1.29 bits per heavy atom. The zero-order valence-electron chi connectivity index (χ0n) is 11.2. The third kappa shape index (κ3) is 3.95. The topological polar surface area (TPSA) is 119 Å². The van der Waals surface area contributed by atoms with Crippen LogP contribution in [0.4, 0.5) is 5.69 Å². The van der Waals surface area contributed by atoms with Crippen molar-refractivity contribution in [1.29, 1.82) is 0 Å². The Hall–Kier alpha value is -2.57. The second kappa shape index (κ2) is 6.25. The Labute approximate surface area is 121 Å². The molecule has 1 aliphatic rings. The van der Waals surface area contributed by atoms with Crippen LogP contribution in [0.2, 0.25) is 0 Å². The molecule has 2 rings (SSSR count). The van der Waals surface area contributed by atoms with Gasteiger partial charge in [0.25, 0.3) is 0 Å². The Bertz CT molecular complexity index is 572. The fourth-order valence-electron chi connectivity index (χ4n) is 1.94. The molecule has 0 unspecified atom stereocenters. The maximum atomic E-state index is 11.9. The van der Waals surface area contributed by atoms with E-state index < -0.39 is 23.7 Å². The number of hydrogen-bond donors (Lipinski definition) is 3. The summed E-state index contributed by atoms with van der Waals surface area (Å²) >= 11 is 0. The minimum atomic E-state index is -0.957. The molecule has 0 radical (unpaired) electrons. The first-order valence-corrected chi connectivity index (χ1v) is 6.53. The summed E-state index contributed by atoms with van der Waals surface area (Å²) < 4.78 is 5.39. The van der Waals surface area contributed by atoms with Crippen LogP contribution in [-0.4, -0.2) is 29.5 Å². The van der Waals surface area contributed by atoms with Gasteiger partial charge >= 0.3 is 5.97 Å². The quantitative estimate of drug-likeness (QED) is 0.680. The van der Waals surface area contributed by atoms with Crippen molar-refractivity contribution in [3.8, 4) is 5.75 Å². The van der Waals surface area contributed by atoms with Crippen molar-refractivity contribution in [2.75, 3.05) is 11.9 Å². The predicted molar refractivity (Wildman–Crippen MR) is 73.6 cm³/mol. The number of amides is 2. The number of primary amides is 1. The van der Waals surface area contributed by atoms with Crippen molar-refractivity contribution in [3.05, 3.63) is 24.3 Å². The number of nitrogens with two attached hydrogens (primary N) is 1. The van der Waals surface area contributed by atoms with Gasteiger partial charge < -0.3 is 20.9 Å². The SMILES string of the molecule is NC(=O)CCOc1ccccc1NC(=O)[C@@H]1C[C@@H]1C(=O)O. The van der Waals surface area contributed by atoms with Crippen LogP contribution in [0.5, 0.6) is 5.75 Å². The van der Waals surface area contributed by atoms with Gasteiger partial charge in [0.2, 0.25) is 11.8 Å². The molecule has 0 aromatic heterocycles. The number of nitrogens with one attached hydrogen (secondary N) is 1. The summed E-state index contributed by atoms with van der Waals surface area (Å²) in [4.78, 5) is 33.3. The maximum Gasteiger partial charge on any atom is 0.307 e. The number of aliphatic carboxylic acids is 1. The standard InChI is InChI=1S/C14H16N2O5/c15-12(17)5-6-21-11-4-2-1-3-10(11)16-13(18)8-7-9(8)14(19)20/h1-4,8-9H,5-7H2,(H2,15,17)(H,16,18)(H,19,20)/t8-,9+/m1/s1. The van der Waals surface area contributed by atoms with Crippen LogP contribution in [0, 0.1) is 11.8 Å². The predicted octanol–water partition coefficient (Wildman–Crippen LogP) is 0.600. The van der Waals surface area contributed by atoms with Gasteiger partial charge in [0.1, 0.15) is 5.75 Å². The van der Waals surface area contributed by atoms with E-state index in [9.17, 15) is 14.4 Å². The van der Waals surface area contributed by atoms with Gasteiger partial charge in [-0.1, -0.05) is 12.1 Å². The minimum Gasteiger partial charge on any atom is -0.491 e. The van der Waals surface area contributed by atoms with Crippen molar-refractivity contribution < 1.29 is 24.2 Å². The Morgan fingerprint density at radius 2 is 2.00 bits per heavy atom. The molecule has 1 aromatic carbocycles. The average Bonchev–Trinajstić information content (AvgIpc) is 3.20. The van der Waals surface area contributed by atoms with E-state index in [1.54, 1.807) is 24.3 Å². The summed E-state index contributed by atoms with van der Waals surface area (Å²) in [6, 6.07) is 6.75. The Morgan fingerprint density at radius 3 is 2.62 bits per heavy atom. The van der Waals surface area contributed by atoms with Crippen molar-refractivity contribution in [1.82, 2.24) is 0 Å². The third-order valence-electron chi connectivity index (χ3n) is 3.20. The molecule has 2 atom stereocenters. The summed E-state index contributed by atoms with van der Waals surface area (Å²) in [5.41, 5.74) is 5.47. The number of carbonyl (C=O) groups is 3. The van der Waals surface area contributed by atoms with Crippen LogP contribution in [0.15, 0.2) is 24.3 Å². The highest BCUT2D eigenvalue weighted by molar-refractivity contribution is 5.99. The van der Waals surface area contributed by atoms with Crippen LogP contribution >= 0.6 is 0 Å². The number of carboxylic acid groups (broad SMARTS) is 1. The monoisotopic (exact) mass is 292 g/mol. The van der Waals surface area contributed by atoms with E-state index in [2.05, 4.69) is 5.32 Å². The second-order valence-corrected chi connectivity index (χ2v) is 4.84. The summed E-state index contributed by atoms with van der Waals surface area (Å²) in [5, 5.41) is 11.5. The first-order chi connectivity index (χ1) is 9.99. The number of para-hydroxylation sites is 2. The zero-order chi connectivity index (χ0) is 15.4. The lowest BCUT2D eigenvalue weighted by molar-refractivity contribution is -0.139. The number of ether oxygens (including phenoxy) is 1. The third-order valence-corrected chi connectivity index (χ3v) is 3.20. The summed E-state index contributed by atoms with van der Waals surface area (Å²) in [6.07, 6.45) is 0.428. The van der Waals surface area contributed by atoms with Crippen molar-refractivity contribution in [2.45, 2.75) is 12.8 Å². The highest BCUT2D eigenvalue weighted by atomic mass is 16.5. The molecule has 1 saturated carbocycles. The number of rotatable bonds is 7. The van der Waals surface area contributed by atoms with Gasteiger partial charge in [0, 0.05) is 0 Å². The first kappa shape index (κ1) is 14.8. The van der Waals surface area contributed by atoms with E-state index in [1.165, 1.54) is 0 Å². The molecule has 0 saturated heterocycles. The van der Waals surface area contributed by atoms with Crippen LogP contribution in [0.3, 0.4) is 0 Å². The van der Waals surface area contributed by atoms with E-state index in [-0.39, 0.29) is 18.9 Å². The maximum absolute atomic E-state index is 11.9. The molecular formula is C14H16N2O5. The molecule has 7 heteroatoms. The molecule has 1 fully saturated rings. The number of benzene rings is 1. The summed E-state index contributed by atoms with van der Waals surface area (Å²) in [7, 11) is 0. The second-order valence-electron chi connectivity index (χ2n) is 4.84. The fourth-order valence-corrected chi connectivity index (χ4v) is 1.94. The molecular weight excluding hydrogens is 276 g/mol. The number of hydrogen-bond acceptors (Lipinski definition) is 4. The molecule has 0 aliphatic heterocycles. The highest BCUT2D eigenvalue weighted by Gasteiger charge is 2.48. The number of carbonyl (C=O) groups excluding carboxylic acids is 2. The van der Waals surface area contributed by atoms with Crippen LogP contribution in [-0.2, 0) is 14.4 Å². The van der Waals surface area contributed by atoms with Gasteiger partial charge in [-0.3, -0.25) is 14.4 Å². The van der Waals surface area contributed by atoms with Gasteiger partial charge in [0.15, 0.2) is 0 Å². The fraction of sp³-hybridized carbons (Fsp3) is 0.357. The van der Waals surface area contributed by atoms with E-state index in [0.717, 1.165) is 0 Å². The summed E-state index contributed by atoms with van der Waals surface area (Å²) in [5.74, 6) is -2.46. The van der Waals surface area contributed by atoms with E-state index in [4.69, 9.17) is 15.6 Å². The Balaban J connectivity index is 1.95. The average molecular weight is 292 g/mol. The lowest BCUT2D eigenvalue weighted by Crippen LogP contribution is -2.18. The lowest BCUT2D eigenvalue weighted by Gasteiger charge is -2.11. The normalized spacial score (nSPS) is 19.6. The van der Waals surface area contributed by atoms with Gasteiger partial charge in [-0.2, -0.15) is 0 Å². The van der Waals surface area contributed by atoms with Crippen LogP contribution in [0.25, 0.3) is 0 Å². The summed E-state index contributed by atoms with van der Waals surface area (Å²) in [6.45, 7) is 0.114. The van der Waals surface area contributed by atoms with E-state index in [1.807, 2.05) is 0 Å². The molecule has 0 bridgehead atoms. The van der Waals surface area contributed by atoms with Gasteiger partial charge in [-0.05, 0) is 18.6 Å². The molecule has 7 nitrogen and oxygen atoms in total. The van der Waals surface area contributed by atoms with Gasteiger partial charge in [-0.15, -0.1) is 0 Å². The first-order valence-electron chi connectivity index (χ1n) is 6.53. The van der Waals surface area contributed by atoms with Gasteiger partial charge in [0.05, 0.1) is 30.6 Å². The minimum absolute atomic E-state index is 0.0754. The molecule has 0 heterocycles. The van der Waals surface area contributed by atoms with E-state index in [0.29, 0.717) is 17.9 Å². The molecule has 0 spiro atoms. The molecule has 1 aromatic rings. The zero-order valence-corrected chi connectivity index (χ0v) is 11.2. The molecule has 1 aliphatic carbocycles. The highest BCUT2D eigenvalue weighted by Crippen LogP contribution is 2.40. The van der Waals surface area contributed by atoms with Crippen molar-refractivity contribution in [2.24, 2.45) is 17.6 Å². The number of carboxylic acids is 1. The van der Waals surface area contributed by atoms with Crippen molar-refractivity contribution in [3.63, 3.8) is 0 Å². The molecule has 2 amide bonds. The molecule has 112 valence electrons. The smallest absolute Gasteiger partial charge is 0.307 e. The van der Waals surface area contributed by atoms with Crippen LogP contribution < -0.4 is 15.8 Å². The molecule has 4 N–H and O–H groups in total. The molecule has 21 heavy (non-hydrogen) atoms. The number of anilines is 1. The van der Waals surface area contributed by atoms with Crippen molar-refractivity contribution >= 4 is 23.5 Å². The largest absolute Gasteiger partial charge is 0.491 e. The lowest BCUT2D eigenvalue weighted by atomic mass is 10.2. The van der Waals surface area contributed by atoms with Crippen LogP contribution in [0.1, 0.15) is 12.8 Å². The Kier molecular flexibility index (Phi) is 4.42. The van der Waals surface area contributed by atoms with Gasteiger partial charge in [-0.25, -0.2) is 0 Å².